The van der Waals surface area contributed by atoms with E-state index < -0.39 is 5.97 Å². The molecular weight excluding hydrogens is 394 g/mol. The van der Waals surface area contributed by atoms with Crippen molar-refractivity contribution < 1.29 is 14.3 Å². The number of morpholine rings is 1. The van der Waals surface area contributed by atoms with Gasteiger partial charge in [0.25, 0.3) is 5.56 Å². The highest BCUT2D eigenvalue weighted by Crippen LogP contribution is 2.24. The zero-order chi connectivity index (χ0) is 20.4. The van der Waals surface area contributed by atoms with E-state index in [-0.39, 0.29) is 12.0 Å². The van der Waals surface area contributed by atoms with Gasteiger partial charge in [-0.05, 0) is 19.1 Å². The summed E-state index contributed by atoms with van der Waals surface area (Å²) in [6.07, 6.45) is -0.0606. The van der Waals surface area contributed by atoms with Crippen LogP contribution in [0.1, 0.15) is 18.2 Å². The first-order chi connectivity index (χ1) is 14.1. The average molecular weight is 415 g/mol. The summed E-state index contributed by atoms with van der Waals surface area (Å²) in [7, 11) is 1.32. The second-order valence-electron chi connectivity index (χ2n) is 6.57. The highest BCUT2D eigenvalue weighted by molar-refractivity contribution is 7.20. The fourth-order valence-electron chi connectivity index (χ4n) is 3.21. The molecule has 2 aromatic heterocycles. The van der Waals surface area contributed by atoms with Crippen LogP contribution in [0, 0.1) is 0 Å². The Labute approximate surface area is 170 Å². The standard InChI is InChI=1S/C19H21N5O4S/c1-12(21-23-7-9-28-10-8-23)17-14(11-16(25)27-2)22-24(18(17)26)19-20-13-5-3-4-6-15(13)29-19/h3-6,22H,7-11H2,1-2H3. The van der Waals surface area contributed by atoms with E-state index in [1.807, 2.05) is 29.3 Å². The van der Waals surface area contributed by atoms with Crippen molar-refractivity contribution in [3.63, 3.8) is 0 Å². The molecule has 152 valence electrons. The number of aromatic amines is 1. The van der Waals surface area contributed by atoms with Crippen molar-refractivity contribution in [2.75, 3.05) is 33.4 Å². The molecule has 1 aliphatic rings. The van der Waals surface area contributed by atoms with E-state index in [4.69, 9.17) is 9.47 Å². The largest absolute Gasteiger partial charge is 0.469 e. The number of H-pyrrole nitrogens is 1. The summed E-state index contributed by atoms with van der Waals surface area (Å²) in [6, 6.07) is 7.67. The normalized spacial score (nSPS) is 15.1. The maximum absolute atomic E-state index is 13.2. The molecule has 0 bridgehead atoms. The van der Waals surface area contributed by atoms with Crippen LogP contribution >= 0.6 is 11.3 Å². The number of hydrogen-bond donors (Lipinski definition) is 1. The zero-order valence-corrected chi connectivity index (χ0v) is 17.0. The summed E-state index contributed by atoms with van der Waals surface area (Å²) in [5, 5.41) is 9.99. The fraction of sp³-hybridized carbons (Fsp3) is 0.368. The minimum Gasteiger partial charge on any atom is -0.469 e. The molecule has 0 aliphatic carbocycles. The van der Waals surface area contributed by atoms with Gasteiger partial charge >= 0.3 is 5.97 Å². The van der Waals surface area contributed by atoms with Gasteiger partial charge in [0.2, 0.25) is 5.13 Å². The lowest BCUT2D eigenvalue weighted by atomic mass is 10.1. The Bertz CT molecular complexity index is 1090. The number of carbonyl (C=O) groups is 1. The number of hydrogen-bond acceptors (Lipinski definition) is 8. The van der Waals surface area contributed by atoms with E-state index in [1.165, 1.54) is 23.1 Å². The van der Waals surface area contributed by atoms with Gasteiger partial charge in [-0.3, -0.25) is 19.7 Å². The maximum Gasteiger partial charge on any atom is 0.311 e. The Morgan fingerprint density at radius 2 is 2.10 bits per heavy atom. The van der Waals surface area contributed by atoms with Gasteiger partial charge in [0.15, 0.2) is 0 Å². The minimum absolute atomic E-state index is 0.0606. The zero-order valence-electron chi connectivity index (χ0n) is 16.2. The molecule has 9 nitrogen and oxygen atoms in total. The lowest BCUT2D eigenvalue weighted by Crippen LogP contribution is -2.33. The molecule has 10 heteroatoms. The number of nitrogens with one attached hydrogen (secondary N) is 1. The van der Waals surface area contributed by atoms with Crippen LogP contribution < -0.4 is 5.56 Å². The lowest BCUT2D eigenvalue weighted by Gasteiger charge is -2.24. The first-order valence-corrected chi connectivity index (χ1v) is 10.0. The quantitative estimate of drug-likeness (QED) is 0.501. The molecule has 0 unspecified atom stereocenters. The molecular formula is C19H21N5O4S. The SMILES string of the molecule is COC(=O)Cc1[nH]n(-c2nc3ccccc3s2)c(=O)c1C(C)=NN1CCOCC1. The van der Waals surface area contributed by atoms with E-state index >= 15 is 0 Å². The lowest BCUT2D eigenvalue weighted by molar-refractivity contribution is -0.139. The van der Waals surface area contributed by atoms with Gasteiger partial charge in [0.05, 0.1) is 67.0 Å². The number of nitrogens with zero attached hydrogens (tertiary/aromatic N) is 4. The van der Waals surface area contributed by atoms with Crippen molar-refractivity contribution >= 4 is 33.2 Å². The third kappa shape index (κ3) is 3.94. The Morgan fingerprint density at radius 3 is 2.83 bits per heavy atom. The van der Waals surface area contributed by atoms with Gasteiger partial charge in [0.1, 0.15) is 0 Å². The van der Waals surface area contributed by atoms with E-state index in [2.05, 4.69) is 15.2 Å². The average Bonchev–Trinajstić information content (AvgIpc) is 3.29. The minimum atomic E-state index is -0.442. The Hall–Kier alpha value is -2.98. The van der Waals surface area contributed by atoms with Gasteiger partial charge in [-0.25, -0.2) is 4.98 Å². The second kappa shape index (κ2) is 8.18. The number of rotatable bonds is 5. The highest BCUT2D eigenvalue weighted by Gasteiger charge is 2.22. The van der Waals surface area contributed by atoms with E-state index in [0.717, 1.165) is 10.2 Å². The number of ether oxygens (including phenoxy) is 2. The molecule has 1 N–H and O–H groups in total. The van der Waals surface area contributed by atoms with Crippen LogP contribution in [0.2, 0.25) is 0 Å². The van der Waals surface area contributed by atoms with Crippen LogP contribution in [0.3, 0.4) is 0 Å². The van der Waals surface area contributed by atoms with Crippen molar-refractivity contribution in [3.8, 4) is 5.13 Å². The number of benzene rings is 1. The topological polar surface area (TPSA) is 102 Å². The number of methoxy groups -OCH3 is 1. The van der Waals surface area contributed by atoms with Gasteiger partial charge in [-0.15, -0.1) is 0 Å². The molecule has 3 aromatic rings. The molecule has 4 rings (SSSR count). The first kappa shape index (κ1) is 19.3. The van der Waals surface area contributed by atoms with E-state index in [0.29, 0.717) is 48.4 Å². The van der Waals surface area contributed by atoms with Crippen molar-refractivity contribution in [1.29, 1.82) is 0 Å². The fourth-order valence-corrected chi connectivity index (χ4v) is 4.13. The molecule has 0 saturated carbocycles. The molecule has 1 saturated heterocycles. The number of fused-ring (bicyclic) bond motifs is 1. The number of thiazole rings is 1. The van der Waals surface area contributed by atoms with Crippen LogP contribution in [0.15, 0.2) is 34.2 Å². The summed E-state index contributed by atoms with van der Waals surface area (Å²) in [6.45, 7) is 4.26. The molecule has 29 heavy (non-hydrogen) atoms. The number of para-hydroxylation sites is 1. The van der Waals surface area contributed by atoms with Crippen LogP contribution in [0.4, 0.5) is 0 Å². The maximum atomic E-state index is 13.2. The Kier molecular flexibility index (Phi) is 5.45. The van der Waals surface area contributed by atoms with Crippen LogP contribution in [0.25, 0.3) is 15.3 Å². The Balaban J connectivity index is 1.79. The van der Waals surface area contributed by atoms with Crippen molar-refractivity contribution in [3.05, 3.63) is 45.9 Å². The molecule has 1 aromatic carbocycles. The second-order valence-corrected chi connectivity index (χ2v) is 7.58. The molecule has 0 radical (unpaired) electrons. The predicted molar refractivity (Wildman–Crippen MR) is 110 cm³/mol. The smallest absolute Gasteiger partial charge is 0.311 e. The van der Waals surface area contributed by atoms with Gasteiger partial charge < -0.3 is 9.47 Å². The monoisotopic (exact) mass is 415 g/mol. The molecule has 0 amide bonds. The highest BCUT2D eigenvalue weighted by atomic mass is 32.1. The molecule has 1 fully saturated rings. The van der Waals surface area contributed by atoms with Gasteiger partial charge in [-0.1, -0.05) is 23.5 Å². The van der Waals surface area contributed by atoms with Crippen LogP contribution in [-0.4, -0.2) is 64.9 Å². The van der Waals surface area contributed by atoms with Crippen LogP contribution in [0.5, 0.6) is 0 Å². The molecule has 1 aliphatic heterocycles. The van der Waals surface area contributed by atoms with E-state index in [9.17, 15) is 9.59 Å². The third-order valence-corrected chi connectivity index (χ3v) is 5.65. The van der Waals surface area contributed by atoms with Crippen LogP contribution in [-0.2, 0) is 20.7 Å². The van der Waals surface area contributed by atoms with Crippen molar-refractivity contribution in [1.82, 2.24) is 19.8 Å². The number of esters is 1. The molecule has 0 atom stereocenters. The first-order valence-electron chi connectivity index (χ1n) is 9.21. The van der Waals surface area contributed by atoms with E-state index in [1.54, 1.807) is 6.92 Å². The van der Waals surface area contributed by atoms with Crippen molar-refractivity contribution in [2.24, 2.45) is 5.10 Å². The summed E-state index contributed by atoms with van der Waals surface area (Å²) < 4.78 is 12.5. The molecule has 0 spiro atoms. The number of hydrazone groups is 1. The molecule has 3 heterocycles. The number of carbonyl (C=O) groups excluding carboxylic acids is 1. The predicted octanol–water partition coefficient (Wildman–Crippen LogP) is 1.55. The van der Waals surface area contributed by atoms with Gasteiger partial charge in [-0.2, -0.15) is 9.78 Å². The van der Waals surface area contributed by atoms with Gasteiger partial charge in [0, 0.05) is 0 Å². The summed E-state index contributed by atoms with van der Waals surface area (Å²) >= 11 is 1.40. The third-order valence-electron chi connectivity index (χ3n) is 4.63. The number of aromatic nitrogens is 3. The Morgan fingerprint density at radius 1 is 1.34 bits per heavy atom. The van der Waals surface area contributed by atoms with Crippen molar-refractivity contribution in [2.45, 2.75) is 13.3 Å². The summed E-state index contributed by atoms with van der Waals surface area (Å²) in [5.41, 5.74) is 1.87. The summed E-state index contributed by atoms with van der Waals surface area (Å²) in [5.74, 6) is -0.442. The summed E-state index contributed by atoms with van der Waals surface area (Å²) in [4.78, 5) is 29.7.